The van der Waals surface area contributed by atoms with E-state index in [4.69, 9.17) is 0 Å². The molecule has 0 saturated carbocycles. The largest absolute Gasteiger partial charge is 0.310 e. The lowest BCUT2D eigenvalue weighted by atomic mass is 9.82. The Balaban J connectivity index is 2.89. The molecule has 0 bridgehead atoms. The number of nitrogens with one attached hydrogen (secondary N) is 1. The molecule has 0 heterocycles. The maximum atomic E-state index is 13.9. The first-order valence-electron chi connectivity index (χ1n) is 7.42. The minimum atomic E-state index is -0.459. The Morgan fingerprint density at radius 2 is 1.70 bits per heavy atom. The molecular formula is C17H27F2N. The van der Waals surface area contributed by atoms with Gasteiger partial charge in [0, 0.05) is 11.6 Å². The first-order chi connectivity index (χ1) is 9.24. The predicted octanol–water partition coefficient (Wildman–Crippen LogP) is 5.08. The fourth-order valence-corrected chi connectivity index (χ4v) is 2.92. The monoisotopic (exact) mass is 283 g/mol. The Morgan fingerprint density at radius 3 is 2.15 bits per heavy atom. The van der Waals surface area contributed by atoms with Crippen molar-refractivity contribution in [3.8, 4) is 0 Å². The van der Waals surface area contributed by atoms with Gasteiger partial charge in [0.15, 0.2) is 0 Å². The average Bonchev–Trinajstić information content (AvgIpc) is 2.26. The Bertz CT molecular complexity index is 403. The summed E-state index contributed by atoms with van der Waals surface area (Å²) in [4.78, 5) is 0. The van der Waals surface area contributed by atoms with Crippen LogP contribution in [0.3, 0.4) is 0 Å². The van der Waals surface area contributed by atoms with Crippen molar-refractivity contribution in [2.24, 2.45) is 11.3 Å². The molecule has 1 aromatic carbocycles. The third-order valence-corrected chi connectivity index (χ3v) is 3.40. The molecule has 2 atom stereocenters. The quantitative estimate of drug-likeness (QED) is 0.768. The number of hydrogen-bond acceptors (Lipinski definition) is 1. The fraction of sp³-hybridized carbons (Fsp3) is 0.647. The molecule has 0 aliphatic rings. The lowest BCUT2D eigenvalue weighted by Crippen LogP contribution is -2.26. The highest BCUT2D eigenvalue weighted by Crippen LogP contribution is 2.32. The summed E-state index contributed by atoms with van der Waals surface area (Å²) < 4.78 is 27.9. The molecular weight excluding hydrogens is 256 g/mol. The van der Waals surface area contributed by atoms with Crippen LogP contribution >= 0.6 is 0 Å². The maximum Gasteiger partial charge on any atom is 0.130 e. The number of halogens is 2. The van der Waals surface area contributed by atoms with Gasteiger partial charge in [-0.1, -0.05) is 40.7 Å². The van der Waals surface area contributed by atoms with Crippen LogP contribution in [-0.4, -0.2) is 6.54 Å². The molecule has 0 fully saturated rings. The van der Waals surface area contributed by atoms with Crippen LogP contribution in [0.2, 0.25) is 0 Å². The minimum Gasteiger partial charge on any atom is -0.310 e. The summed E-state index contributed by atoms with van der Waals surface area (Å²) in [7, 11) is 0. The van der Waals surface area contributed by atoms with Crippen LogP contribution in [-0.2, 0) is 0 Å². The van der Waals surface area contributed by atoms with Gasteiger partial charge in [0.1, 0.15) is 11.6 Å². The van der Waals surface area contributed by atoms with Crippen molar-refractivity contribution < 1.29 is 8.78 Å². The van der Waals surface area contributed by atoms with E-state index in [9.17, 15) is 8.78 Å². The van der Waals surface area contributed by atoms with Crippen LogP contribution in [0, 0.1) is 23.0 Å². The normalized spacial score (nSPS) is 15.2. The van der Waals surface area contributed by atoms with E-state index in [0.717, 1.165) is 12.8 Å². The summed E-state index contributed by atoms with van der Waals surface area (Å²) in [5.41, 5.74) is 0.402. The van der Waals surface area contributed by atoms with E-state index in [2.05, 4.69) is 33.0 Å². The van der Waals surface area contributed by atoms with Gasteiger partial charge in [-0.25, -0.2) is 8.78 Å². The zero-order chi connectivity index (χ0) is 15.3. The van der Waals surface area contributed by atoms with E-state index >= 15 is 0 Å². The van der Waals surface area contributed by atoms with E-state index in [1.54, 1.807) is 0 Å². The molecule has 0 saturated heterocycles. The summed E-state index contributed by atoms with van der Waals surface area (Å²) in [6.45, 7) is 11.4. The second-order valence-electron chi connectivity index (χ2n) is 6.85. The molecule has 0 radical (unpaired) electrons. The van der Waals surface area contributed by atoms with Gasteiger partial charge < -0.3 is 5.32 Å². The molecule has 1 N–H and O–H groups in total. The van der Waals surface area contributed by atoms with Crippen LogP contribution in [0.5, 0.6) is 0 Å². The molecule has 20 heavy (non-hydrogen) atoms. The van der Waals surface area contributed by atoms with Crippen molar-refractivity contribution in [1.82, 2.24) is 5.32 Å². The lowest BCUT2D eigenvalue weighted by Gasteiger charge is -2.27. The molecule has 0 aromatic heterocycles. The SMILES string of the molecule is CCNC(CC(C)CC(C)(C)C)c1c(F)cccc1F. The average molecular weight is 283 g/mol. The number of benzene rings is 1. The van der Waals surface area contributed by atoms with E-state index < -0.39 is 11.6 Å². The molecule has 114 valence electrons. The molecule has 1 aromatic rings. The Morgan fingerprint density at radius 1 is 1.15 bits per heavy atom. The first-order valence-corrected chi connectivity index (χ1v) is 7.42. The van der Waals surface area contributed by atoms with Crippen molar-refractivity contribution in [1.29, 1.82) is 0 Å². The summed E-state index contributed by atoms with van der Waals surface area (Å²) in [5, 5.41) is 3.22. The van der Waals surface area contributed by atoms with Gasteiger partial charge in [-0.2, -0.15) is 0 Å². The molecule has 1 nitrogen and oxygen atoms in total. The van der Waals surface area contributed by atoms with Crippen molar-refractivity contribution in [3.63, 3.8) is 0 Å². The van der Waals surface area contributed by atoms with Gasteiger partial charge in [0.05, 0.1) is 0 Å². The van der Waals surface area contributed by atoms with E-state index in [1.807, 2.05) is 6.92 Å². The van der Waals surface area contributed by atoms with Crippen molar-refractivity contribution in [3.05, 3.63) is 35.4 Å². The van der Waals surface area contributed by atoms with Gasteiger partial charge in [0.25, 0.3) is 0 Å². The molecule has 0 amide bonds. The minimum absolute atomic E-state index is 0.176. The maximum absolute atomic E-state index is 13.9. The number of hydrogen-bond donors (Lipinski definition) is 1. The zero-order valence-electron chi connectivity index (χ0n) is 13.3. The summed E-state index contributed by atoms with van der Waals surface area (Å²) in [5.74, 6) is -0.518. The third-order valence-electron chi connectivity index (χ3n) is 3.40. The molecule has 1 rings (SSSR count). The van der Waals surface area contributed by atoms with E-state index in [0.29, 0.717) is 12.5 Å². The second-order valence-corrected chi connectivity index (χ2v) is 6.85. The highest BCUT2D eigenvalue weighted by Gasteiger charge is 2.23. The fourth-order valence-electron chi connectivity index (χ4n) is 2.92. The van der Waals surface area contributed by atoms with Crippen LogP contribution in [0.4, 0.5) is 8.78 Å². The van der Waals surface area contributed by atoms with Gasteiger partial charge in [-0.15, -0.1) is 0 Å². The Labute approximate surface area is 121 Å². The first kappa shape index (κ1) is 17.1. The van der Waals surface area contributed by atoms with Gasteiger partial charge in [0.2, 0.25) is 0 Å². The Hall–Kier alpha value is -0.960. The summed E-state index contributed by atoms with van der Waals surface area (Å²) in [6.07, 6.45) is 1.77. The van der Waals surface area contributed by atoms with Gasteiger partial charge in [-0.3, -0.25) is 0 Å². The van der Waals surface area contributed by atoms with Crippen molar-refractivity contribution in [2.75, 3.05) is 6.54 Å². The highest BCUT2D eigenvalue weighted by atomic mass is 19.1. The molecule has 0 spiro atoms. The lowest BCUT2D eigenvalue weighted by molar-refractivity contribution is 0.273. The zero-order valence-corrected chi connectivity index (χ0v) is 13.3. The van der Waals surface area contributed by atoms with E-state index in [1.165, 1.54) is 18.2 Å². The van der Waals surface area contributed by atoms with E-state index in [-0.39, 0.29) is 17.0 Å². The molecule has 0 aliphatic heterocycles. The number of rotatable bonds is 6. The molecule has 3 heteroatoms. The van der Waals surface area contributed by atoms with Crippen LogP contribution in [0.25, 0.3) is 0 Å². The third kappa shape index (κ3) is 5.20. The van der Waals surface area contributed by atoms with Crippen molar-refractivity contribution in [2.45, 2.75) is 53.5 Å². The van der Waals surface area contributed by atoms with Crippen LogP contribution in [0.15, 0.2) is 18.2 Å². The highest BCUT2D eigenvalue weighted by molar-refractivity contribution is 5.23. The Kier molecular flexibility index (Phi) is 6.12. The topological polar surface area (TPSA) is 12.0 Å². The predicted molar refractivity (Wildman–Crippen MR) is 80.6 cm³/mol. The standard InChI is InChI=1S/C17H27F2N/c1-6-20-15(10-12(2)11-17(3,4)5)16-13(18)8-7-9-14(16)19/h7-9,12,15,20H,6,10-11H2,1-5H3. The summed E-state index contributed by atoms with van der Waals surface area (Å²) in [6, 6.07) is 3.81. The second kappa shape index (κ2) is 7.16. The molecule has 0 aliphatic carbocycles. The van der Waals surface area contributed by atoms with Gasteiger partial charge in [-0.05, 0) is 42.9 Å². The van der Waals surface area contributed by atoms with Gasteiger partial charge >= 0.3 is 0 Å². The molecule has 2 unspecified atom stereocenters. The van der Waals surface area contributed by atoms with Crippen LogP contribution < -0.4 is 5.32 Å². The van der Waals surface area contributed by atoms with Crippen molar-refractivity contribution >= 4 is 0 Å². The smallest absolute Gasteiger partial charge is 0.130 e. The summed E-state index contributed by atoms with van der Waals surface area (Å²) >= 11 is 0. The van der Waals surface area contributed by atoms with Crippen LogP contribution in [0.1, 0.15) is 59.1 Å².